The molecule has 0 saturated heterocycles. The molecular weight excluding hydrogens is 725 g/mol. The Balaban J connectivity index is 1.15. The lowest BCUT2D eigenvalue weighted by Crippen LogP contribution is -2.33. The number of aromatic nitrogens is 1. The monoisotopic (exact) mass is 758 g/mol. The second-order valence-electron chi connectivity index (χ2n) is 15.0. The van der Waals surface area contributed by atoms with Gasteiger partial charge in [0.05, 0.1) is 11.0 Å². The van der Waals surface area contributed by atoms with Crippen LogP contribution in [0.1, 0.15) is 22.9 Å². The van der Waals surface area contributed by atoms with E-state index >= 15 is 0 Å². The van der Waals surface area contributed by atoms with Crippen molar-refractivity contribution in [3.05, 3.63) is 211 Å². The first-order valence-corrected chi connectivity index (χ1v) is 20.5. The van der Waals surface area contributed by atoms with Gasteiger partial charge >= 0.3 is 0 Å². The molecule has 11 aromatic rings. The highest BCUT2D eigenvalue weighted by molar-refractivity contribution is 7.25. The zero-order valence-corrected chi connectivity index (χ0v) is 32.1. The van der Waals surface area contributed by atoms with E-state index in [-0.39, 0.29) is 0 Å². The summed E-state index contributed by atoms with van der Waals surface area (Å²) >= 11 is 1.85. The number of benzene rings is 9. The van der Waals surface area contributed by atoms with Crippen LogP contribution in [0, 0.1) is 0 Å². The van der Waals surface area contributed by atoms with E-state index in [1.54, 1.807) is 0 Å². The highest BCUT2D eigenvalue weighted by atomic mass is 32.1. The lowest BCUT2D eigenvalue weighted by molar-refractivity contribution is 0.676. The molecule has 0 spiro atoms. The van der Waals surface area contributed by atoms with E-state index in [9.17, 15) is 0 Å². The van der Waals surface area contributed by atoms with Crippen molar-refractivity contribution in [2.75, 3.05) is 0 Å². The molecule has 1 aliphatic rings. The van der Waals surface area contributed by atoms with Crippen LogP contribution in [0.15, 0.2) is 204 Å². The minimum absolute atomic E-state index is 0.404. The zero-order chi connectivity index (χ0) is 38.2. The van der Waals surface area contributed by atoms with Crippen LogP contribution in [-0.2, 0) is 0 Å². The second-order valence-corrected chi connectivity index (χ2v) is 16.1. The fourth-order valence-corrected chi connectivity index (χ4v) is 10.0. The first kappa shape index (κ1) is 32.9. The van der Waals surface area contributed by atoms with Crippen LogP contribution in [0.25, 0.3) is 80.3 Å². The lowest BCUT2D eigenvalue weighted by atomic mass is 9.93. The number of amidine groups is 2. The predicted octanol–water partition coefficient (Wildman–Crippen LogP) is 13.6. The van der Waals surface area contributed by atoms with Crippen LogP contribution in [-0.4, -0.2) is 16.2 Å². The van der Waals surface area contributed by atoms with Crippen LogP contribution in [0.4, 0.5) is 0 Å². The van der Waals surface area contributed by atoms with E-state index in [2.05, 4.69) is 180 Å². The topological polar surface area (TPSA) is 41.7 Å². The van der Waals surface area contributed by atoms with E-state index in [0.29, 0.717) is 5.84 Å². The molecule has 4 nitrogen and oxygen atoms in total. The van der Waals surface area contributed by atoms with Gasteiger partial charge in [-0.3, -0.25) is 0 Å². The molecule has 0 fully saturated rings. The Morgan fingerprint density at radius 1 is 0.466 bits per heavy atom. The Kier molecular flexibility index (Phi) is 7.43. The number of aliphatic imine (C=N–C) groups is 2. The van der Waals surface area contributed by atoms with Crippen LogP contribution in [0.3, 0.4) is 0 Å². The van der Waals surface area contributed by atoms with Crippen molar-refractivity contribution in [2.45, 2.75) is 6.17 Å². The molecule has 0 saturated carbocycles. The van der Waals surface area contributed by atoms with E-state index in [4.69, 9.17) is 9.98 Å². The molecule has 2 aromatic heterocycles. The van der Waals surface area contributed by atoms with Gasteiger partial charge in [-0.1, -0.05) is 146 Å². The van der Waals surface area contributed by atoms with Gasteiger partial charge in [-0.05, 0) is 81.2 Å². The summed E-state index contributed by atoms with van der Waals surface area (Å²) in [7, 11) is 0. The van der Waals surface area contributed by atoms with Gasteiger partial charge in [-0.15, -0.1) is 11.3 Å². The molecule has 5 heteroatoms. The van der Waals surface area contributed by atoms with Gasteiger partial charge in [0.1, 0.15) is 12.0 Å². The third-order valence-corrected chi connectivity index (χ3v) is 12.7. The molecule has 1 unspecified atom stereocenters. The average Bonchev–Trinajstić information content (AvgIpc) is 3.82. The minimum Gasteiger partial charge on any atom is -0.344 e. The smallest absolute Gasteiger partial charge is 0.159 e. The Morgan fingerprint density at radius 3 is 1.74 bits per heavy atom. The Morgan fingerprint density at radius 2 is 1.05 bits per heavy atom. The molecule has 0 aliphatic carbocycles. The SMILES string of the molecule is c1ccc(C2=NC(c3ccc(-n4c5cc6ccccc6cc5c5cc6ccccc6cc54)cc3-c3cccc4sc5ccccc5c34)NC(c3ccccc3)=N2)cc1. The molecule has 1 atom stereocenters. The standard InChI is InChI=1S/C53H34N4S/c1-3-14-33(15-4-1)51-54-52(34-16-5-2-6-17-34)56-53(55-51)41-27-26-39(32-43(41)40-23-13-25-49-50(40)42-22-11-12-24-48(42)58-49)57-46-30-37-20-9-7-18-35(37)28-44(46)45-29-36-19-8-10-21-38(36)31-47(45)57/h1-32,53H,(H,54,55,56). The Hall–Kier alpha value is -7.34. The van der Waals surface area contributed by atoms with Crippen molar-refractivity contribution in [1.82, 2.24) is 9.88 Å². The summed E-state index contributed by atoms with van der Waals surface area (Å²) in [5, 5.41) is 13.7. The third-order valence-electron chi connectivity index (χ3n) is 11.6. The summed E-state index contributed by atoms with van der Waals surface area (Å²) in [6, 6.07) is 70.0. The van der Waals surface area contributed by atoms with E-state index in [1.165, 1.54) is 69.1 Å². The molecule has 58 heavy (non-hydrogen) atoms. The van der Waals surface area contributed by atoms with Crippen molar-refractivity contribution in [3.8, 4) is 16.8 Å². The first-order valence-electron chi connectivity index (χ1n) is 19.7. The average molecular weight is 759 g/mol. The number of hydrogen-bond acceptors (Lipinski definition) is 4. The maximum absolute atomic E-state index is 5.39. The fraction of sp³-hybridized carbons (Fsp3) is 0.0189. The quantitative estimate of drug-likeness (QED) is 0.187. The lowest BCUT2D eigenvalue weighted by Gasteiger charge is -2.26. The number of nitrogens with one attached hydrogen (secondary N) is 1. The highest BCUT2D eigenvalue weighted by Gasteiger charge is 2.26. The summed E-state index contributed by atoms with van der Waals surface area (Å²) in [6.45, 7) is 0. The molecule has 3 heterocycles. The van der Waals surface area contributed by atoms with Crippen molar-refractivity contribution >= 4 is 86.5 Å². The molecule has 272 valence electrons. The zero-order valence-electron chi connectivity index (χ0n) is 31.3. The van der Waals surface area contributed by atoms with Gasteiger partial charge < -0.3 is 9.88 Å². The maximum Gasteiger partial charge on any atom is 0.159 e. The Bertz CT molecular complexity index is 3390. The number of rotatable bonds is 5. The van der Waals surface area contributed by atoms with Gasteiger partial charge in [0, 0.05) is 53.3 Å². The number of fused-ring (bicyclic) bond motifs is 8. The number of hydrogen-bond donors (Lipinski definition) is 1. The van der Waals surface area contributed by atoms with Crippen molar-refractivity contribution < 1.29 is 0 Å². The molecule has 12 rings (SSSR count). The fourth-order valence-electron chi connectivity index (χ4n) is 8.89. The van der Waals surface area contributed by atoms with Gasteiger partial charge in [-0.25, -0.2) is 9.98 Å². The maximum atomic E-state index is 5.39. The van der Waals surface area contributed by atoms with Gasteiger partial charge in [0.15, 0.2) is 5.84 Å². The van der Waals surface area contributed by atoms with Crippen LogP contribution >= 0.6 is 11.3 Å². The summed E-state index contributed by atoms with van der Waals surface area (Å²) in [4.78, 5) is 10.5. The van der Waals surface area contributed by atoms with Gasteiger partial charge in [0.2, 0.25) is 0 Å². The normalized spacial score (nSPS) is 14.4. The van der Waals surface area contributed by atoms with E-state index in [1.807, 2.05) is 35.6 Å². The number of thiophene rings is 1. The molecule has 0 amide bonds. The first-order chi connectivity index (χ1) is 28.7. The summed E-state index contributed by atoms with van der Waals surface area (Å²) in [5.74, 6) is 1.51. The molecule has 1 N–H and O–H groups in total. The van der Waals surface area contributed by atoms with Crippen molar-refractivity contribution in [1.29, 1.82) is 0 Å². The van der Waals surface area contributed by atoms with E-state index < -0.39 is 6.17 Å². The molecule has 0 bridgehead atoms. The molecule has 0 radical (unpaired) electrons. The summed E-state index contributed by atoms with van der Waals surface area (Å²) in [6.07, 6.45) is -0.404. The summed E-state index contributed by atoms with van der Waals surface area (Å²) < 4.78 is 5.01. The number of nitrogens with zero attached hydrogens (tertiary/aromatic N) is 3. The molecular formula is C53H34N4S. The van der Waals surface area contributed by atoms with Crippen molar-refractivity contribution in [3.63, 3.8) is 0 Å². The van der Waals surface area contributed by atoms with Gasteiger partial charge in [-0.2, -0.15) is 0 Å². The largest absolute Gasteiger partial charge is 0.344 e. The Labute approximate surface area is 338 Å². The summed E-state index contributed by atoms with van der Waals surface area (Å²) in [5.41, 5.74) is 8.86. The third kappa shape index (κ3) is 5.28. The van der Waals surface area contributed by atoms with Crippen LogP contribution in [0.2, 0.25) is 0 Å². The van der Waals surface area contributed by atoms with Crippen LogP contribution < -0.4 is 5.32 Å². The molecule has 1 aliphatic heterocycles. The minimum atomic E-state index is -0.404. The molecule has 9 aromatic carbocycles. The highest BCUT2D eigenvalue weighted by Crippen LogP contribution is 2.44. The van der Waals surface area contributed by atoms with Gasteiger partial charge in [0.25, 0.3) is 0 Å². The van der Waals surface area contributed by atoms with E-state index in [0.717, 1.165) is 33.8 Å². The second kappa shape index (κ2) is 13.1. The predicted molar refractivity (Wildman–Crippen MR) is 246 cm³/mol. The van der Waals surface area contributed by atoms with Crippen molar-refractivity contribution in [2.24, 2.45) is 9.98 Å². The van der Waals surface area contributed by atoms with Crippen LogP contribution in [0.5, 0.6) is 0 Å².